The van der Waals surface area contributed by atoms with Crippen LogP contribution in [0.1, 0.15) is 20.9 Å². The van der Waals surface area contributed by atoms with Crippen molar-refractivity contribution in [1.29, 1.82) is 0 Å². The third-order valence-corrected chi connectivity index (χ3v) is 6.55. The lowest BCUT2D eigenvalue weighted by molar-refractivity contribution is 0.102. The van der Waals surface area contributed by atoms with E-state index in [0.29, 0.717) is 33.7 Å². The lowest BCUT2D eigenvalue weighted by atomic mass is 10.1. The Labute approximate surface area is 171 Å². The molecule has 4 rings (SSSR count). The minimum Gasteiger partial charge on any atom is -0.335 e. The first-order valence-corrected chi connectivity index (χ1v) is 11.4. The van der Waals surface area contributed by atoms with Crippen molar-refractivity contribution in [1.82, 2.24) is 10.1 Å². The molecule has 29 heavy (non-hydrogen) atoms. The molecule has 0 radical (unpaired) electrons. The molecule has 1 aromatic carbocycles. The Hall–Kier alpha value is -3.04. The van der Waals surface area contributed by atoms with Crippen LogP contribution in [-0.2, 0) is 9.84 Å². The summed E-state index contributed by atoms with van der Waals surface area (Å²) in [6.45, 7) is 3.75. The van der Waals surface area contributed by atoms with Crippen molar-refractivity contribution < 1.29 is 17.7 Å². The smallest absolute Gasteiger partial charge is 0.259 e. The van der Waals surface area contributed by atoms with Crippen molar-refractivity contribution >= 4 is 43.9 Å². The second kappa shape index (κ2) is 7.09. The Kier molecular flexibility index (Phi) is 4.71. The third kappa shape index (κ3) is 3.79. The summed E-state index contributed by atoms with van der Waals surface area (Å²) in [5.74, 6) is -0.356. The number of aromatic nitrogens is 2. The first kappa shape index (κ1) is 19.3. The average Bonchev–Trinajstić information content (AvgIpc) is 3.27. The first-order chi connectivity index (χ1) is 13.7. The van der Waals surface area contributed by atoms with Crippen molar-refractivity contribution in [2.75, 3.05) is 11.6 Å². The highest BCUT2D eigenvalue weighted by molar-refractivity contribution is 7.90. The van der Waals surface area contributed by atoms with Crippen molar-refractivity contribution in [2.45, 2.75) is 18.7 Å². The van der Waals surface area contributed by atoms with E-state index in [4.69, 9.17) is 4.52 Å². The molecule has 0 aliphatic carbocycles. The molecule has 4 aromatic rings. The van der Waals surface area contributed by atoms with E-state index in [2.05, 4.69) is 15.5 Å². The van der Waals surface area contributed by atoms with Gasteiger partial charge in [-0.25, -0.2) is 13.4 Å². The standard InChI is InChI=1S/C20H17N3O4S2/c1-11-4-9-17(28-11)16-10-15(18-12(2)23-27-20(18)22-16)19(24)21-13-5-7-14(8-6-13)29(3,25)26/h4-10H,1-3H3,(H,21,24). The number of anilines is 1. The maximum atomic E-state index is 13.0. The zero-order valence-electron chi connectivity index (χ0n) is 15.9. The van der Waals surface area contributed by atoms with Gasteiger partial charge in [0, 0.05) is 16.8 Å². The molecular formula is C20H17N3O4S2. The molecule has 0 aliphatic rings. The van der Waals surface area contributed by atoms with Gasteiger partial charge in [0.25, 0.3) is 11.6 Å². The summed E-state index contributed by atoms with van der Waals surface area (Å²) in [5, 5.41) is 7.29. The Morgan fingerprint density at radius 1 is 1.10 bits per heavy atom. The predicted octanol–water partition coefficient (Wildman–Crippen LogP) is 4.22. The van der Waals surface area contributed by atoms with E-state index in [1.165, 1.54) is 12.1 Å². The number of nitrogens with zero attached hydrogens (tertiary/aromatic N) is 2. The number of sulfone groups is 1. The number of benzene rings is 1. The number of thiophene rings is 1. The fraction of sp³-hybridized carbons (Fsp3) is 0.150. The zero-order chi connectivity index (χ0) is 20.8. The molecule has 0 saturated carbocycles. The van der Waals surface area contributed by atoms with E-state index in [9.17, 15) is 13.2 Å². The van der Waals surface area contributed by atoms with Crippen molar-refractivity contribution in [3.05, 3.63) is 58.6 Å². The molecular weight excluding hydrogens is 410 g/mol. The van der Waals surface area contributed by atoms with E-state index in [-0.39, 0.29) is 10.8 Å². The molecule has 148 valence electrons. The number of carbonyl (C=O) groups excluding carboxylic acids is 1. The van der Waals surface area contributed by atoms with Gasteiger partial charge >= 0.3 is 0 Å². The van der Waals surface area contributed by atoms with Gasteiger partial charge in [0.1, 0.15) is 0 Å². The number of hydrogen-bond donors (Lipinski definition) is 1. The van der Waals surface area contributed by atoms with E-state index < -0.39 is 9.84 Å². The molecule has 1 amide bonds. The summed E-state index contributed by atoms with van der Waals surface area (Å²) in [4.78, 5) is 19.8. The Balaban J connectivity index is 1.74. The van der Waals surface area contributed by atoms with E-state index in [1.807, 2.05) is 19.1 Å². The molecule has 0 spiro atoms. The molecule has 0 aliphatic heterocycles. The summed E-state index contributed by atoms with van der Waals surface area (Å²) >= 11 is 1.57. The van der Waals surface area contributed by atoms with Gasteiger partial charge in [0.15, 0.2) is 9.84 Å². The number of pyridine rings is 1. The van der Waals surface area contributed by atoms with Crippen LogP contribution < -0.4 is 5.32 Å². The third-order valence-electron chi connectivity index (χ3n) is 4.39. The molecule has 3 heterocycles. The maximum absolute atomic E-state index is 13.0. The lowest BCUT2D eigenvalue weighted by Crippen LogP contribution is -2.13. The fourth-order valence-corrected chi connectivity index (χ4v) is 4.41. The molecule has 7 nitrogen and oxygen atoms in total. The largest absolute Gasteiger partial charge is 0.335 e. The highest BCUT2D eigenvalue weighted by Crippen LogP contribution is 2.31. The summed E-state index contributed by atoms with van der Waals surface area (Å²) in [6.07, 6.45) is 1.14. The van der Waals surface area contributed by atoms with Gasteiger partial charge in [0.05, 0.1) is 32.1 Å². The van der Waals surface area contributed by atoms with E-state index in [1.54, 1.807) is 36.5 Å². The minimum atomic E-state index is -3.30. The Morgan fingerprint density at radius 3 is 2.45 bits per heavy atom. The maximum Gasteiger partial charge on any atom is 0.259 e. The predicted molar refractivity (Wildman–Crippen MR) is 112 cm³/mol. The Bertz CT molecular complexity index is 1340. The zero-order valence-corrected chi connectivity index (χ0v) is 17.5. The van der Waals surface area contributed by atoms with Crippen molar-refractivity contribution in [3.8, 4) is 10.6 Å². The van der Waals surface area contributed by atoms with Gasteiger partial charge in [-0.2, -0.15) is 0 Å². The highest BCUT2D eigenvalue weighted by atomic mass is 32.2. The molecule has 0 saturated heterocycles. The number of fused-ring (bicyclic) bond motifs is 1. The SMILES string of the molecule is Cc1ccc(-c2cc(C(=O)Nc3ccc(S(C)(=O)=O)cc3)c3c(C)noc3n2)s1. The van der Waals surface area contributed by atoms with E-state index >= 15 is 0 Å². The monoisotopic (exact) mass is 427 g/mol. The molecule has 0 bridgehead atoms. The Morgan fingerprint density at radius 2 is 1.83 bits per heavy atom. The number of amides is 1. The van der Waals surface area contributed by atoms with Gasteiger partial charge in [0.2, 0.25) is 0 Å². The highest BCUT2D eigenvalue weighted by Gasteiger charge is 2.20. The van der Waals surface area contributed by atoms with Gasteiger partial charge in [-0.1, -0.05) is 5.16 Å². The molecule has 9 heteroatoms. The van der Waals surface area contributed by atoms with Gasteiger partial charge in [-0.05, 0) is 56.3 Å². The number of nitrogens with one attached hydrogen (secondary N) is 1. The fourth-order valence-electron chi connectivity index (χ4n) is 2.96. The topological polar surface area (TPSA) is 102 Å². The van der Waals surface area contributed by atoms with Crippen LogP contribution in [0.25, 0.3) is 21.7 Å². The first-order valence-electron chi connectivity index (χ1n) is 8.67. The lowest BCUT2D eigenvalue weighted by Gasteiger charge is -2.08. The van der Waals surface area contributed by atoms with Crippen LogP contribution >= 0.6 is 11.3 Å². The van der Waals surface area contributed by atoms with Crippen LogP contribution in [0.2, 0.25) is 0 Å². The van der Waals surface area contributed by atoms with Crippen molar-refractivity contribution in [3.63, 3.8) is 0 Å². The number of hydrogen-bond acceptors (Lipinski definition) is 7. The van der Waals surface area contributed by atoms with Crippen LogP contribution in [0.3, 0.4) is 0 Å². The van der Waals surface area contributed by atoms with Crippen LogP contribution in [0.4, 0.5) is 5.69 Å². The van der Waals surface area contributed by atoms with E-state index in [0.717, 1.165) is 16.0 Å². The quantitative estimate of drug-likeness (QED) is 0.523. The van der Waals surface area contributed by atoms with Crippen LogP contribution in [0, 0.1) is 13.8 Å². The average molecular weight is 428 g/mol. The summed E-state index contributed by atoms with van der Waals surface area (Å²) in [7, 11) is -3.30. The number of aryl methyl sites for hydroxylation is 2. The number of carbonyl (C=O) groups is 1. The molecule has 1 N–H and O–H groups in total. The molecule has 3 aromatic heterocycles. The second-order valence-corrected chi connectivity index (χ2v) is 9.97. The van der Waals surface area contributed by atoms with Gasteiger partial charge < -0.3 is 9.84 Å². The molecule has 0 fully saturated rings. The number of rotatable bonds is 4. The molecule has 0 atom stereocenters. The molecule has 0 unspecified atom stereocenters. The summed E-state index contributed by atoms with van der Waals surface area (Å²) < 4.78 is 28.5. The van der Waals surface area contributed by atoms with Crippen LogP contribution in [0.5, 0.6) is 0 Å². The van der Waals surface area contributed by atoms with Crippen LogP contribution in [0.15, 0.2) is 51.9 Å². The normalized spacial score (nSPS) is 11.7. The van der Waals surface area contributed by atoms with Crippen molar-refractivity contribution in [2.24, 2.45) is 0 Å². The van der Waals surface area contributed by atoms with Crippen LogP contribution in [-0.4, -0.2) is 30.7 Å². The van der Waals surface area contributed by atoms with Gasteiger partial charge in [-0.3, -0.25) is 4.79 Å². The summed E-state index contributed by atoms with van der Waals surface area (Å²) in [5.41, 5.74) is 2.36. The minimum absolute atomic E-state index is 0.187. The van der Waals surface area contributed by atoms with Gasteiger partial charge in [-0.15, -0.1) is 11.3 Å². The second-order valence-electron chi connectivity index (χ2n) is 6.66. The summed E-state index contributed by atoms with van der Waals surface area (Å²) in [6, 6.07) is 11.7.